The maximum atomic E-state index is 5.33. The fourth-order valence-electron chi connectivity index (χ4n) is 6.99. The van der Waals surface area contributed by atoms with Crippen molar-refractivity contribution >= 4 is 64.2 Å². The summed E-state index contributed by atoms with van der Waals surface area (Å²) >= 11 is 1.86. The van der Waals surface area contributed by atoms with Crippen molar-refractivity contribution in [3.8, 4) is 39.2 Å². The molecule has 3 nitrogen and oxygen atoms in total. The van der Waals surface area contributed by atoms with Crippen LogP contribution in [0.4, 0.5) is 0 Å². The molecule has 0 amide bonds. The lowest BCUT2D eigenvalue weighted by atomic mass is 9.91. The molecule has 4 heteroatoms. The van der Waals surface area contributed by atoms with E-state index >= 15 is 0 Å². The zero-order valence-corrected chi connectivity index (χ0v) is 23.2. The second-order valence-electron chi connectivity index (χ2n) is 11.0. The van der Waals surface area contributed by atoms with Crippen LogP contribution in [0.2, 0.25) is 0 Å². The summed E-state index contributed by atoms with van der Waals surface area (Å²) in [6.45, 7) is 0. The van der Waals surface area contributed by atoms with Crippen molar-refractivity contribution in [3.63, 3.8) is 0 Å². The molecule has 0 saturated heterocycles. The molecule has 194 valence electrons. The molecule has 5 heterocycles. The predicted molar refractivity (Wildman–Crippen MR) is 177 cm³/mol. The van der Waals surface area contributed by atoms with Gasteiger partial charge >= 0.3 is 0 Å². The van der Waals surface area contributed by atoms with Crippen LogP contribution in [0.15, 0.2) is 128 Å². The second kappa shape index (κ2) is 8.12. The van der Waals surface area contributed by atoms with Crippen LogP contribution in [0.5, 0.6) is 0 Å². The predicted octanol–water partition coefficient (Wildman–Crippen LogP) is 10.4. The Morgan fingerprint density at radius 2 is 1.36 bits per heavy atom. The molecule has 10 rings (SSSR count). The van der Waals surface area contributed by atoms with Gasteiger partial charge in [0.25, 0.3) is 0 Å². The van der Waals surface area contributed by atoms with Crippen molar-refractivity contribution < 1.29 is 0 Å². The third-order valence-corrected chi connectivity index (χ3v) is 9.96. The zero-order valence-electron chi connectivity index (χ0n) is 22.4. The maximum Gasteiger partial charge on any atom is 0.146 e. The van der Waals surface area contributed by atoms with Crippen molar-refractivity contribution in [2.24, 2.45) is 0 Å². The molecule has 0 radical (unpaired) electrons. The molecule has 0 spiro atoms. The highest BCUT2D eigenvalue weighted by atomic mass is 32.1. The third kappa shape index (κ3) is 2.89. The summed E-state index contributed by atoms with van der Waals surface area (Å²) < 4.78 is 4.99. The van der Waals surface area contributed by atoms with E-state index in [0.717, 1.165) is 27.8 Å². The van der Waals surface area contributed by atoms with Crippen LogP contribution < -0.4 is 0 Å². The zero-order chi connectivity index (χ0) is 27.4. The number of benzene rings is 5. The van der Waals surface area contributed by atoms with Gasteiger partial charge in [-0.05, 0) is 52.6 Å². The van der Waals surface area contributed by atoms with Crippen LogP contribution >= 0.6 is 11.3 Å². The Morgan fingerprint density at radius 1 is 0.571 bits per heavy atom. The van der Waals surface area contributed by atoms with Crippen LogP contribution in [0, 0.1) is 0 Å². The number of rotatable bonds is 1. The van der Waals surface area contributed by atoms with Gasteiger partial charge in [0.1, 0.15) is 5.82 Å². The van der Waals surface area contributed by atoms with Crippen LogP contribution in [-0.4, -0.2) is 14.5 Å². The second-order valence-corrected chi connectivity index (χ2v) is 12.1. The fraction of sp³-hybridized carbons (Fsp3) is 0. The van der Waals surface area contributed by atoms with Crippen LogP contribution in [0.25, 0.3) is 92.1 Å². The molecule has 5 aromatic carbocycles. The lowest BCUT2D eigenvalue weighted by Gasteiger charge is -2.12. The number of thiophene rings is 1. The van der Waals surface area contributed by atoms with E-state index in [1.54, 1.807) is 0 Å². The average Bonchev–Trinajstić information content (AvgIpc) is 3.56. The molecule has 0 fully saturated rings. The van der Waals surface area contributed by atoms with E-state index in [9.17, 15) is 0 Å². The first kappa shape index (κ1) is 22.4. The lowest BCUT2D eigenvalue weighted by Crippen LogP contribution is -2.00. The molecule has 0 atom stereocenters. The van der Waals surface area contributed by atoms with Crippen LogP contribution in [-0.2, 0) is 0 Å². The number of hydrogen-bond donors (Lipinski definition) is 0. The van der Waals surface area contributed by atoms with Crippen molar-refractivity contribution in [1.29, 1.82) is 0 Å². The maximum absolute atomic E-state index is 5.33. The van der Waals surface area contributed by atoms with E-state index < -0.39 is 0 Å². The molecule has 0 bridgehead atoms. The van der Waals surface area contributed by atoms with Crippen molar-refractivity contribution in [1.82, 2.24) is 14.5 Å². The number of nitrogens with zero attached hydrogens (tertiary/aromatic N) is 3. The monoisotopic (exact) mass is 551 g/mol. The van der Waals surface area contributed by atoms with E-state index in [1.165, 1.54) is 64.3 Å². The minimum Gasteiger partial charge on any atom is -0.291 e. The normalized spacial score (nSPS) is 12.3. The number of para-hydroxylation sites is 1. The number of hydrogen-bond acceptors (Lipinski definition) is 3. The summed E-state index contributed by atoms with van der Waals surface area (Å²) in [5, 5.41) is 6.21. The minimum absolute atomic E-state index is 0.949. The standard InChI is InChI=1S/C38H21N3S/c1-5-11-32-23(7-1)19-31-26-9-3-2-8-25(26)29-16-15-24(22-13-14-28-27-10-4-6-12-34(27)42-35(28)20-22)36-30-17-18-39-21-33(30)41(37(29)36)38(31)40-32/h1-21H. The Hall–Kier alpha value is -5.32. The lowest BCUT2D eigenvalue weighted by molar-refractivity contribution is 1.10. The number of pyridine rings is 2. The molecule has 0 N–H and O–H groups in total. The fourth-order valence-corrected chi connectivity index (χ4v) is 8.14. The molecule has 9 aromatic rings. The molecule has 1 aliphatic heterocycles. The van der Waals surface area contributed by atoms with Gasteiger partial charge in [-0.3, -0.25) is 9.55 Å². The van der Waals surface area contributed by atoms with Gasteiger partial charge in [-0.1, -0.05) is 84.9 Å². The van der Waals surface area contributed by atoms with Gasteiger partial charge in [0.15, 0.2) is 0 Å². The summed E-state index contributed by atoms with van der Waals surface area (Å²) in [5.74, 6) is 0.949. The van der Waals surface area contributed by atoms with Gasteiger partial charge in [0.05, 0.1) is 22.7 Å². The van der Waals surface area contributed by atoms with Crippen molar-refractivity contribution in [2.45, 2.75) is 0 Å². The molecule has 0 aliphatic carbocycles. The van der Waals surface area contributed by atoms with Gasteiger partial charge in [-0.25, -0.2) is 4.98 Å². The summed E-state index contributed by atoms with van der Waals surface area (Å²) in [7, 11) is 0. The summed E-state index contributed by atoms with van der Waals surface area (Å²) in [4.78, 5) is 9.93. The first-order chi connectivity index (χ1) is 20.8. The number of fused-ring (bicyclic) bond motifs is 12. The first-order valence-electron chi connectivity index (χ1n) is 14.2. The van der Waals surface area contributed by atoms with Gasteiger partial charge in [-0.2, -0.15) is 0 Å². The Balaban J connectivity index is 1.38. The SMILES string of the molecule is c1ccc2c(c1)-c1cc3ccccc3nc1-n1c3cnccc3c3c(-c4ccc5c(c4)sc4ccccc45)ccc-2c31. The molecule has 0 saturated carbocycles. The highest BCUT2D eigenvalue weighted by molar-refractivity contribution is 7.25. The first-order valence-corrected chi connectivity index (χ1v) is 15.0. The third-order valence-electron chi connectivity index (χ3n) is 8.82. The van der Waals surface area contributed by atoms with Gasteiger partial charge in [0, 0.05) is 53.7 Å². The summed E-state index contributed by atoms with van der Waals surface area (Å²) in [6, 6.07) is 41.9. The van der Waals surface area contributed by atoms with Crippen LogP contribution in [0.1, 0.15) is 0 Å². The molecular formula is C38H21N3S. The molecule has 1 aliphatic rings. The van der Waals surface area contributed by atoms with Crippen LogP contribution in [0.3, 0.4) is 0 Å². The summed E-state index contributed by atoms with van der Waals surface area (Å²) in [5.41, 5.74) is 10.5. The minimum atomic E-state index is 0.949. The topological polar surface area (TPSA) is 30.7 Å². The van der Waals surface area contributed by atoms with E-state index in [-0.39, 0.29) is 0 Å². The van der Waals surface area contributed by atoms with Gasteiger partial charge < -0.3 is 0 Å². The quantitative estimate of drug-likeness (QED) is 0.203. The smallest absolute Gasteiger partial charge is 0.146 e. The Kier molecular flexibility index (Phi) is 4.33. The van der Waals surface area contributed by atoms with E-state index in [4.69, 9.17) is 4.98 Å². The Bertz CT molecular complexity index is 2590. The van der Waals surface area contributed by atoms with E-state index in [0.29, 0.717) is 0 Å². The highest BCUT2D eigenvalue weighted by Gasteiger charge is 2.27. The molecular weight excluding hydrogens is 531 g/mol. The van der Waals surface area contributed by atoms with E-state index in [1.807, 2.05) is 23.7 Å². The number of aromatic nitrogens is 3. The Morgan fingerprint density at radius 3 is 2.31 bits per heavy atom. The largest absolute Gasteiger partial charge is 0.291 e. The van der Waals surface area contributed by atoms with E-state index in [2.05, 4.69) is 125 Å². The molecule has 42 heavy (non-hydrogen) atoms. The average molecular weight is 552 g/mol. The van der Waals surface area contributed by atoms with Gasteiger partial charge in [0.2, 0.25) is 0 Å². The Labute approximate surface area is 245 Å². The summed E-state index contributed by atoms with van der Waals surface area (Å²) in [6.07, 6.45) is 3.90. The molecule has 0 unspecified atom stereocenters. The highest BCUT2D eigenvalue weighted by Crippen LogP contribution is 2.49. The van der Waals surface area contributed by atoms with Crippen molar-refractivity contribution in [2.75, 3.05) is 0 Å². The van der Waals surface area contributed by atoms with Crippen molar-refractivity contribution in [3.05, 3.63) is 128 Å². The molecule has 4 aromatic heterocycles. The van der Waals surface area contributed by atoms with Gasteiger partial charge in [-0.15, -0.1) is 11.3 Å².